The average Bonchev–Trinajstić information content (AvgIpc) is 2.33. The quantitative estimate of drug-likeness (QED) is 0.838. The van der Waals surface area contributed by atoms with Crippen molar-refractivity contribution >= 4 is 33.6 Å². The number of anilines is 1. The van der Waals surface area contributed by atoms with Crippen molar-refractivity contribution in [2.24, 2.45) is 0 Å². The van der Waals surface area contributed by atoms with Gasteiger partial charge in [-0.05, 0) is 34.5 Å². The zero-order valence-corrected chi connectivity index (χ0v) is 10.9. The molecule has 6 heteroatoms. The van der Waals surface area contributed by atoms with Gasteiger partial charge in [0.15, 0.2) is 0 Å². The smallest absolute Gasteiger partial charge is 0.251 e. The molecule has 17 heavy (non-hydrogen) atoms. The van der Waals surface area contributed by atoms with E-state index in [-0.39, 0.29) is 17.9 Å². The number of nitrogens with zero attached hydrogens (tertiary/aromatic N) is 2. The molecule has 1 saturated heterocycles. The largest absolute Gasteiger partial charge is 0.358 e. The van der Waals surface area contributed by atoms with Crippen LogP contribution in [0.25, 0.3) is 0 Å². The third-order valence-corrected chi connectivity index (χ3v) is 3.17. The summed E-state index contributed by atoms with van der Waals surface area (Å²) >= 11 is 3.29. The number of hydrogen-bond donors (Lipinski definition) is 1. The second-order valence-electron chi connectivity index (χ2n) is 3.89. The second-order valence-corrected chi connectivity index (χ2v) is 4.80. The van der Waals surface area contributed by atoms with Crippen LogP contribution in [-0.4, -0.2) is 34.8 Å². The van der Waals surface area contributed by atoms with Crippen LogP contribution in [0.5, 0.6) is 0 Å². The molecule has 1 aromatic rings. The summed E-state index contributed by atoms with van der Waals surface area (Å²) in [6.45, 7) is 0. The summed E-state index contributed by atoms with van der Waals surface area (Å²) in [5.74, 6) is 0.303. The molecule has 1 atom stereocenters. The number of likely N-dealkylation sites (tertiary alicyclic amines) is 1. The number of rotatable bonds is 2. The van der Waals surface area contributed by atoms with E-state index < -0.39 is 0 Å². The lowest BCUT2D eigenvalue weighted by atomic mass is 10.0. The van der Waals surface area contributed by atoms with Crippen molar-refractivity contribution in [3.8, 4) is 0 Å². The summed E-state index contributed by atoms with van der Waals surface area (Å²) < 4.78 is 0.880. The molecule has 1 aliphatic rings. The number of imide groups is 1. The van der Waals surface area contributed by atoms with Crippen LogP contribution in [0.3, 0.4) is 0 Å². The summed E-state index contributed by atoms with van der Waals surface area (Å²) in [4.78, 5) is 28.4. The van der Waals surface area contributed by atoms with E-state index in [1.54, 1.807) is 12.3 Å². The molecule has 0 spiro atoms. The van der Waals surface area contributed by atoms with Gasteiger partial charge in [0.2, 0.25) is 5.91 Å². The standard InChI is InChI=1S/C11H12BrN3O2/c1-15-10(16)5-3-8(11(15)17)14-9-4-2-7(12)6-13-9/h2,4,6,8H,3,5H2,1H3,(H,13,14). The fraction of sp³-hybridized carbons (Fsp3) is 0.364. The van der Waals surface area contributed by atoms with E-state index in [4.69, 9.17) is 0 Å². The van der Waals surface area contributed by atoms with E-state index >= 15 is 0 Å². The molecule has 2 rings (SSSR count). The lowest BCUT2D eigenvalue weighted by Gasteiger charge is -2.28. The molecule has 0 bridgehead atoms. The number of halogens is 1. The molecule has 2 heterocycles. The van der Waals surface area contributed by atoms with Crippen LogP contribution in [0.15, 0.2) is 22.8 Å². The number of amides is 2. The molecular formula is C11H12BrN3O2. The molecule has 0 radical (unpaired) electrons. The number of hydrogen-bond acceptors (Lipinski definition) is 4. The van der Waals surface area contributed by atoms with Crippen molar-refractivity contribution in [3.63, 3.8) is 0 Å². The van der Waals surface area contributed by atoms with E-state index in [0.29, 0.717) is 18.7 Å². The van der Waals surface area contributed by atoms with Gasteiger partial charge in [0.25, 0.3) is 5.91 Å². The fourth-order valence-corrected chi connectivity index (χ4v) is 1.92. The average molecular weight is 298 g/mol. The van der Waals surface area contributed by atoms with E-state index in [1.165, 1.54) is 11.9 Å². The molecule has 2 amide bonds. The molecule has 0 aromatic carbocycles. The first-order chi connectivity index (χ1) is 8.08. The van der Waals surface area contributed by atoms with Crippen molar-refractivity contribution in [2.75, 3.05) is 12.4 Å². The zero-order chi connectivity index (χ0) is 12.4. The normalized spacial score (nSPS) is 20.6. The first-order valence-corrected chi connectivity index (χ1v) is 6.05. The van der Waals surface area contributed by atoms with Crippen molar-refractivity contribution < 1.29 is 9.59 Å². The molecule has 1 unspecified atom stereocenters. The predicted molar refractivity (Wildman–Crippen MR) is 66.4 cm³/mol. The summed E-state index contributed by atoms with van der Waals surface area (Å²) in [7, 11) is 1.51. The summed E-state index contributed by atoms with van der Waals surface area (Å²) in [5, 5.41) is 3.03. The molecule has 1 fully saturated rings. The number of pyridine rings is 1. The molecule has 90 valence electrons. The van der Waals surface area contributed by atoms with Crippen LogP contribution >= 0.6 is 15.9 Å². The number of nitrogens with one attached hydrogen (secondary N) is 1. The van der Waals surface area contributed by atoms with E-state index in [9.17, 15) is 9.59 Å². The van der Waals surface area contributed by atoms with E-state index in [1.807, 2.05) is 6.07 Å². The first kappa shape index (κ1) is 12.0. The SMILES string of the molecule is CN1C(=O)CCC(Nc2ccc(Br)cn2)C1=O. The van der Waals surface area contributed by atoms with Crippen molar-refractivity contribution in [1.29, 1.82) is 0 Å². The van der Waals surface area contributed by atoms with E-state index in [0.717, 1.165) is 4.47 Å². The number of carbonyl (C=O) groups excluding carboxylic acids is 2. The van der Waals surface area contributed by atoms with Gasteiger partial charge in [-0.2, -0.15) is 0 Å². The molecule has 5 nitrogen and oxygen atoms in total. The van der Waals surface area contributed by atoms with Crippen LogP contribution in [0.1, 0.15) is 12.8 Å². The number of aromatic nitrogens is 1. The molecule has 0 saturated carbocycles. The Balaban J connectivity index is 2.06. The predicted octanol–water partition coefficient (Wildman–Crippen LogP) is 1.40. The highest BCUT2D eigenvalue weighted by atomic mass is 79.9. The van der Waals surface area contributed by atoms with Crippen LogP contribution in [0.4, 0.5) is 5.82 Å². The Kier molecular flexibility index (Phi) is 3.42. The second kappa shape index (κ2) is 4.83. The highest BCUT2D eigenvalue weighted by Crippen LogP contribution is 2.17. The van der Waals surface area contributed by atoms with Crippen molar-refractivity contribution in [1.82, 2.24) is 9.88 Å². The van der Waals surface area contributed by atoms with Gasteiger partial charge in [-0.3, -0.25) is 14.5 Å². The first-order valence-electron chi connectivity index (χ1n) is 5.26. The van der Waals surface area contributed by atoms with Gasteiger partial charge < -0.3 is 5.32 Å². The van der Waals surface area contributed by atoms with Gasteiger partial charge in [-0.25, -0.2) is 4.98 Å². The van der Waals surface area contributed by atoms with Gasteiger partial charge in [0.05, 0.1) is 0 Å². The Morgan fingerprint density at radius 3 is 2.88 bits per heavy atom. The Labute approximate surface area is 107 Å². The maximum Gasteiger partial charge on any atom is 0.251 e. The lowest BCUT2D eigenvalue weighted by molar-refractivity contribution is -0.146. The van der Waals surface area contributed by atoms with Crippen LogP contribution in [0, 0.1) is 0 Å². The van der Waals surface area contributed by atoms with E-state index in [2.05, 4.69) is 26.2 Å². The molecule has 1 N–H and O–H groups in total. The minimum Gasteiger partial charge on any atom is -0.358 e. The molecule has 1 aromatic heterocycles. The minimum atomic E-state index is -0.369. The van der Waals surface area contributed by atoms with Gasteiger partial charge in [-0.1, -0.05) is 0 Å². The third kappa shape index (κ3) is 2.63. The molecular weight excluding hydrogens is 286 g/mol. The summed E-state index contributed by atoms with van der Waals surface area (Å²) in [6.07, 6.45) is 2.56. The Morgan fingerprint density at radius 2 is 2.24 bits per heavy atom. The highest BCUT2D eigenvalue weighted by Gasteiger charge is 2.31. The maximum absolute atomic E-state index is 11.8. The van der Waals surface area contributed by atoms with Crippen LogP contribution < -0.4 is 5.32 Å². The van der Waals surface area contributed by atoms with Gasteiger partial charge in [0.1, 0.15) is 11.9 Å². The van der Waals surface area contributed by atoms with Crippen LogP contribution in [-0.2, 0) is 9.59 Å². The minimum absolute atomic E-state index is 0.128. The van der Waals surface area contributed by atoms with Gasteiger partial charge in [0, 0.05) is 24.1 Å². The van der Waals surface area contributed by atoms with Gasteiger partial charge in [-0.15, -0.1) is 0 Å². The summed E-state index contributed by atoms with van der Waals surface area (Å²) in [6, 6.07) is 3.26. The summed E-state index contributed by atoms with van der Waals surface area (Å²) in [5.41, 5.74) is 0. The Morgan fingerprint density at radius 1 is 1.47 bits per heavy atom. The number of piperidine rings is 1. The number of carbonyl (C=O) groups is 2. The highest BCUT2D eigenvalue weighted by molar-refractivity contribution is 9.10. The Hall–Kier alpha value is -1.43. The monoisotopic (exact) mass is 297 g/mol. The third-order valence-electron chi connectivity index (χ3n) is 2.70. The maximum atomic E-state index is 11.8. The lowest BCUT2D eigenvalue weighted by Crippen LogP contribution is -2.48. The number of likely N-dealkylation sites (N-methyl/N-ethyl adjacent to an activating group) is 1. The van der Waals surface area contributed by atoms with Crippen LogP contribution in [0.2, 0.25) is 0 Å². The zero-order valence-electron chi connectivity index (χ0n) is 9.31. The topological polar surface area (TPSA) is 62.3 Å². The molecule has 0 aliphatic carbocycles. The van der Waals surface area contributed by atoms with Crippen molar-refractivity contribution in [2.45, 2.75) is 18.9 Å². The van der Waals surface area contributed by atoms with Gasteiger partial charge >= 0.3 is 0 Å². The Bertz CT molecular complexity index is 447. The molecule has 1 aliphatic heterocycles. The fourth-order valence-electron chi connectivity index (χ4n) is 1.69. The van der Waals surface area contributed by atoms with Crippen molar-refractivity contribution in [3.05, 3.63) is 22.8 Å².